The van der Waals surface area contributed by atoms with Gasteiger partial charge < -0.3 is 9.47 Å². The molecule has 0 spiro atoms. The number of unbranched alkanes of at least 4 members (excludes halogenated alkanes) is 19. The van der Waals surface area contributed by atoms with Crippen LogP contribution in [-0.4, -0.2) is 25.2 Å². The lowest BCUT2D eigenvalue weighted by molar-refractivity contribution is 0.0490. The Morgan fingerprint density at radius 2 is 0.533 bits per heavy atom. The van der Waals surface area contributed by atoms with Gasteiger partial charge in [-0.25, -0.2) is 9.59 Å². The fraction of sp³-hybridized carbons (Fsp3) is 0.393. The lowest BCUT2D eigenvalue weighted by Crippen LogP contribution is -2.07. The van der Waals surface area contributed by atoms with Gasteiger partial charge in [-0.2, -0.15) is 0 Å². The topological polar surface area (TPSA) is 52.6 Å². The van der Waals surface area contributed by atoms with Gasteiger partial charge in [-0.15, -0.1) is 0 Å². The van der Waals surface area contributed by atoms with Crippen molar-refractivity contribution in [3.8, 4) is 0 Å². The minimum atomic E-state index is -0.206. The van der Waals surface area contributed by atoms with Crippen LogP contribution in [0.1, 0.15) is 149 Å². The summed E-state index contributed by atoms with van der Waals surface area (Å²) in [5.41, 5.74) is 1.34. The molecule has 4 heteroatoms. The summed E-state index contributed by atoms with van der Waals surface area (Å²) >= 11 is 0. The molecule has 0 aliphatic heterocycles. The lowest BCUT2D eigenvalue weighted by Gasteiger charge is -2.13. The van der Waals surface area contributed by atoms with Crippen LogP contribution in [0.5, 0.6) is 0 Å². The minimum absolute atomic E-state index is 0.206. The molecule has 0 radical (unpaired) electrons. The van der Waals surface area contributed by atoms with Gasteiger partial charge in [0.1, 0.15) is 0 Å². The van der Waals surface area contributed by atoms with E-state index in [1.165, 1.54) is 146 Å². The number of carbonyl (C=O) groups excluding carboxylic acids is 2. The van der Waals surface area contributed by atoms with Crippen molar-refractivity contribution in [1.82, 2.24) is 0 Å². The molecule has 310 valence electrons. The standard InChI is InChI=1S/C56H62O4/c57-55(49-37-33-45-29-27-41-23-21-25-43-31-35-47(49)53(45)51(41)43)59-39-19-17-15-13-11-9-7-5-3-1-2-4-6-8-10-12-14-16-18-20-40-60-56(58)50-38-34-46-30-28-42-24-22-26-44-32-36-48(50)54(46)52(42)44/h21-38H,1-20,39-40H2. The van der Waals surface area contributed by atoms with Gasteiger partial charge in [0.15, 0.2) is 0 Å². The molecule has 8 aromatic carbocycles. The third-order valence-electron chi connectivity index (χ3n) is 13.0. The van der Waals surface area contributed by atoms with Crippen LogP contribution in [0.4, 0.5) is 0 Å². The highest BCUT2D eigenvalue weighted by atomic mass is 16.5. The van der Waals surface area contributed by atoms with E-state index >= 15 is 0 Å². The third kappa shape index (κ3) is 9.86. The van der Waals surface area contributed by atoms with Gasteiger partial charge in [0.25, 0.3) is 0 Å². The van der Waals surface area contributed by atoms with Crippen LogP contribution in [-0.2, 0) is 9.47 Å². The molecule has 0 aliphatic rings. The molecular formula is C56H62O4. The molecule has 8 aromatic rings. The van der Waals surface area contributed by atoms with Crippen molar-refractivity contribution in [3.63, 3.8) is 0 Å². The highest BCUT2D eigenvalue weighted by Crippen LogP contribution is 2.37. The monoisotopic (exact) mass is 798 g/mol. The minimum Gasteiger partial charge on any atom is -0.462 e. The highest BCUT2D eigenvalue weighted by molar-refractivity contribution is 6.27. The van der Waals surface area contributed by atoms with E-state index in [0.717, 1.165) is 47.2 Å². The molecular weight excluding hydrogens is 737 g/mol. The Hall–Kier alpha value is -5.22. The van der Waals surface area contributed by atoms with Crippen LogP contribution in [0.25, 0.3) is 64.6 Å². The zero-order valence-corrected chi connectivity index (χ0v) is 35.6. The summed E-state index contributed by atoms with van der Waals surface area (Å²) in [5.74, 6) is -0.413. The summed E-state index contributed by atoms with van der Waals surface area (Å²) in [6.45, 7) is 0.989. The molecule has 0 N–H and O–H groups in total. The average molecular weight is 799 g/mol. The molecule has 0 unspecified atom stereocenters. The van der Waals surface area contributed by atoms with Gasteiger partial charge in [0.05, 0.1) is 24.3 Å². The molecule has 8 rings (SSSR count). The van der Waals surface area contributed by atoms with Crippen LogP contribution < -0.4 is 0 Å². The Bertz CT molecular complexity index is 2410. The summed E-state index contributed by atoms with van der Waals surface area (Å²) < 4.78 is 11.5. The van der Waals surface area contributed by atoms with E-state index < -0.39 is 0 Å². The van der Waals surface area contributed by atoms with Crippen LogP contribution in [0.15, 0.2) is 109 Å². The van der Waals surface area contributed by atoms with Crippen molar-refractivity contribution in [3.05, 3.63) is 120 Å². The summed E-state index contributed by atoms with van der Waals surface area (Å²) in [5, 5.41) is 13.9. The molecule has 0 atom stereocenters. The lowest BCUT2D eigenvalue weighted by atomic mass is 9.92. The van der Waals surface area contributed by atoms with Crippen molar-refractivity contribution >= 4 is 76.6 Å². The number of hydrogen-bond donors (Lipinski definition) is 0. The largest absolute Gasteiger partial charge is 0.462 e. The molecule has 0 aliphatic carbocycles. The van der Waals surface area contributed by atoms with Crippen LogP contribution in [0.2, 0.25) is 0 Å². The second-order valence-electron chi connectivity index (χ2n) is 17.3. The predicted octanol–water partition coefficient (Wildman–Crippen LogP) is 16.3. The predicted molar refractivity (Wildman–Crippen MR) is 253 cm³/mol. The van der Waals surface area contributed by atoms with Crippen LogP contribution in [0, 0.1) is 0 Å². The second-order valence-corrected chi connectivity index (χ2v) is 17.3. The van der Waals surface area contributed by atoms with Gasteiger partial charge in [-0.05, 0) is 89.6 Å². The fourth-order valence-corrected chi connectivity index (χ4v) is 9.70. The van der Waals surface area contributed by atoms with Crippen molar-refractivity contribution in [2.45, 2.75) is 128 Å². The first-order chi connectivity index (χ1) is 29.7. The van der Waals surface area contributed by atoms with Gasteiger partial charge in [-0.3, -0.25) is 0 Å². The normalized spacial score (nSPS) is 11.9. The Kier molecular flexibility index (Phi) is 14.4. The Morgan fingerprint density at radius 3 is 0.850 bits per heavy atom. The number of ether oxygens (including phenoxy) is 2. The van der Waals surface area contributed by atoms with Crippen molar-refractivity contribution in [1.29, 1.82) is 0 Å². The summed E-state index contributed by atoms with van der Waals surface area (Å²) in [6.07, 6.45) is 25.4. The van der Waals surface area contributed by atoms with E-state index in [0.29, 0.717) is 24.3 Å². The molecule has 0 bridgehead atoms. The second kappa shape index (κ2) is 20.8. The maximum Gasteiger partial charge on any atom is 0.338 e. The van der Waals surface area contributed by atoms with Gasteiger partial charge in [0.2, 0.25) is 0 Å². The maximum atomic E-state index is 13.1. The van der Waals surface area contributed by atoms with E-state index in [4.69, 9.17) is 9.47 Å². The maximum absolute atomic E-state index is 13.1. The molecule has 0 aromatic heterocycles. The Balaban J connectivity index is 0.579. The zero-order valence-electron chi connectivity index (χ0n) is 35.6. The first-order valence-electron chi connectivity index (χ1n) is 23.3. The molecule has 0 fully saturated rings. The fourth-order valence-electron chi connectivity index (χ4n) is 9.70. The Labute approximate surface area is 356 Å². The van der Waals surface area contributed by atoms with Crippen molar-refractivity contribution in [2.75, 3.05) is 13.2 Å². The third-order valence-corrected chi connectivity index (χ3v) is 13.0. The molecule has 0 heterocycles. The molecule has 4 nitrogen and oxygen atoms in total. The van der Waals surface area contributed by atoms with E-state index in [1.807, 2.05) is 12.1 Å². The van der Waals surface area contributed by atoms with Crippen LogP contribution in [0.3, 0.4) is 0 Å². The summed E-state index contributed by atoms with van der Waals surface area (Å²) in [4.78, 5) is 26.1. The first-order valence-corrected chi connectivity index (χ1v) is 23.3. The smallest absolute Gasteiger partial charge is 0.338 e. The number of esters is 2. The number of hydrogen-bond acceptors (Lipinski definition) is 4. The van der Waals surface area contributed by atoms with E-state index in [1.54, 1.807) is 0 Å². The van der Waals surface area contributed by atoms with Gasteiger partial charge in [-0.1, -0.05) is 213 Å². The first kappa shape index (κ1) is 41.5. The average Bonchev–Trinajstić information content (AvgIpc) is 3.28. The summed E-state index contributed by atoms with van der Waals surface area (Å²) in [6, 6.07) is 37.7. The highest BCUT2D eigenvalue weighted by Gasteiger charge is 2.17. The van der Waals surface area contributed by atoms with Crippen LogP contribution >= 0.6 is 0 Å². The number of carbonyl (C=O) groups is 2. The van der Waals surface area contributed by atoms with Crippen molar-refractivity contribution in [2.24, 2.45) is 0 Å². The van der Waals surface area contributed by atoms with Gasteiger partial charge in [0, 0.05) is 0 Å². The molecule has 0 amide bonds. The SMILES string of the molecule is O=C(OCCCCCCCCCCCCCCCCCCCCCCOC(=O)c1ccc2ccc3cccc4ccc1c2c34)c1ccc2ccc3cccc4ccc1c2c34. The molecule has 0 saturated carbocycles. The van der Waals surface area contributed by atoms with E-state index in [9.17, 15) is 9.59 Å². The number of rotatable bonds is 25. The van der Waals surface area contributed by atoms with Crippen molar-refractivity contribution < 1.29 is 19.1 Å². The van der Waals surface area contributed by atoms with Gasteiger partial charge >= 0.3 is 11.9 Å². The number of benzene rings is 8. The molecule has 0 saturated heterocycles. The molecule has 60 heavy (non-hydrogen) atoms. The van der Waals surface area contributed by atoms with E-state index in [2.05, 4.69) is 97.1 Å². The zero-order chi connectivity index (χ0) is 40.9. The Morgan fingerprint density at radius 1 is 0.283 bits per heavy atom. The summed E-state index contributed by atoms with van der Waals surface area (Å²) in [7, 11) is 0. The van der Waals surface area contributed by atoms with E-state index in [-0.39, 0.29) is 11.9 Å². The quantitative estimate of drug-likeness (QED) is 0.0328.